The van der Waals surface area contributed by atoms with Crippen LogP contribution in [0.5, 0.6) is 0 Å². The van der Waals surface area contributed by atoms with Crippen molar-refractivity contribution in [2.75, 3.05) is 0 Å². The van der Waals surface area contributed by atoms with E-state index in [0.29, 0.717) is 0 Å². The minimum Gasteiger partial charge on any atom is -0.0879 e. The lowest BCUT2D eigenvalue weighted by Crippen LogP contribution is -1.68. The minimum atomic E-state index is 1.10. The van der Waals surface area contributed by atoms with E-state index in [9.17, 15) is 0 Å². The lowest BCUT2D eigenvalue weighted by atomic mass is 10.2. The van der Waals surface area contributed by atoms with Crippen molar-refractivity contribution >= 4 is 0 Å². The molecule has 0 amide bonds. The SMILES string of the molecule is C1=CCC/C=C\C/C=C\C1. The number of allylic oxidation sites excluding steroid dienone is 6. The number of hydrogen-bond donors (Lipinski definition) is 0. The Morgan fingerprint density at radius 1 is 0.500 bits per heavy atom. The molecule has 0 aliphatic heterocycles. The van der Waals surface area contributed by atoms with Gasteiger partial charge in [0.15, 0.2) is 0 Å². The van der Waals surface area contributed by atoms with Crippen molar-refractivity contribution in [3.8, 4) is 0 Å². The van der Waals surface area contributed by atoms with Crippen LogP contribution >= 0.6 is 0 Å². The predicted octanol–water partition coefficient (Wildman–Crippen LogP) is 3.23. The molecule has 0 spiro atoms. The molecule has 0 heteroatoms. The maximum atomic E-state index is 2.25. The molecule has 0 aromatic rings. The van der Waals surface area contributed by atoms with Gasteiger partial charge in [0.05, 0.1) is 0 Å². The molecule has 0 aromatic heterocycles. The van der Waals surface area contributed by atoms with E-state index >= 15 is 0 Å². The Kier molecular flexibility index (Phi) is 3.69. The standard InChI is InChI=1S/C10H14/c1-2-4-6-8-10-9-7-5-3-1/h1-2,5-8H,3-4,9-10H2/b2-1-,7-5-,8-6?. The van der Waals surface area contributed by atoms with Gasteiger partial charge in [0.25, 0.3) is 0 Å². The second-order valence-electron chi connectivity index (χ2n) is 2.46. The molecule has 10 heavy (non-hydrogen) atoms. The van der Waals surface area contributed by atoms with Crippen LogP contribution in [0.1, 0.15) is 25.7 Å². The molecule has 1 aliphatic carbocycles. The normalized spacial score (nSPS) is 25.6. The van der Waals surface area contributed by atoms with Gasteiger partial charge in [-0.2, -0.15) is 0 Å². The Morgan fingerprint density at radius 3 is 1.40 bits per heavy atom. The lowest BCUT2D eigenvalue weighted by Gasteiger charge is -1.89. The van der Waals surface area contributed by atoms with Crippen LogP contribution in [-0.2, 0) is 0 Å². The quantitative estimate of drug-likeness (QED) is 0.446. The van der Waals surface area contributed by atoms with E-state index in [-0.39, 0.29) is 0 Å². The van der Waals surface area contributed by atoms with Crippen molar-refractivity contribution in [1.29, 1.82) is 0 Å². The summed E-state index contributed by atoms with van der Waals surface area (Å²) in [5.41, 5.74) is 0. The fourth-order valence-electron chi connectivity index (χ4n) is 0.970. The van der Waals surface area contributed by atoms with Crippen molar-refractivity contribution < 1.29 is 0 Å². The zero-order chi connectivity index (χ0) is 7.07. The van der Waals surface area contributed by atoms with E-state index in [1.165, 1.54) is 12.8 Å². The molecular weight excluding hydrogens is 120 g/mol. The Labute approximate surface area is 62.9 Å². The monoisotopic (exact) mass is 134 g/mol. The third kappa shape index (κ3) is 3.29. The first kappa shape index (κ1) is 7.33. The molecule has 0 N–H and O–H groups in total. The van der Waals surface area contributed by atoms with E-state index in [1.54, 1.807) is 0 Å². The molecule has 0 atom stereocenters. The maximum absolute atomic E-state index is 2.25. The van der Waals surface area contributed by atoms with Gasteiger partial charge in [-0.05, 0) is 25.7 Å². The average molecular weight is 134 g/mol. The largest absolute Gasteiger partial charge is 0.0879 e. The molecule has 0 bridgehead atoms. The van der Waals surface area contributed by atoms with Gasteiger partial charge < -0.3 is 0 Å². The summed E-state index contributed by atoms with van der Waals surface area (Å²) in [7, 11) is 0. The van der Waals surface area contributed by atoms with Crippen LogP contribution < -0.4 is 0 Å². The Morgan fingerprint density at radius 2 is 0.900 bits per heavy atom. The zero-order valence-corrected chi connectivity index (χ0v) is 6.29. The zero-order valence-electron chi connectivity index (χ0n) is 6.29. The third-order valence-corrected chi connectivity index (χ3v) is 1.54. The van der Waals surface area contributed by atoms with Gasteiger partial charge in [-0.3, -0.25) is 0 Å². The molecule has 0 saturated heterocycles. The summed E-state index contributed by atoms with van der Waals surface area (Å²) < 4.78 is 0. The van der Waals surface area contributed by atoms with Crippen molar-refractivity contribution in [3.63, 3.8) is 0 Å². The number of rotatable bonds is 0. The molecule has 0 saturated carbocycles. The van der Waals surface area contributed by atoms with Gasteiger partial charge in [0.1, 0.15) is 0 Å². The van der Waals surface area contributed by atoms with Crippen LogP contribution in [0.2, 0.25) is 0 Å². The van der Waals surface area contributed by atoms with Gasteiger partial charge >= 0.3 is 0 Å². The van der Waals surface area contributed by atoms with Crippen molar-refractivity contribution in [2.24, 2.45) is 0 Å². The fraction of sp³-hybridized carbons (Fsp3) is 0.400. The topological polar surface area (TPSA) is 0 Å². The van der Waals surface area contributed by atoms with Gasteiger partial charge in [-0.1, -0.05) is 36.5 Å². The van der Waals surface area contributed by atoms with Gasteiger partial charge in [-0.15, -0.1) is 0 Å². The molecule has 0 unspecified atom stereocenters. The highest BCUT2D eigenvalue weighted by Gasteiger charge is 1.79. The highest BCUT2D eigenvalue weighted by atomic mass is 13.9. The fourth-order valence-corrected chi connectivity index (χ4v) is 0.970. The first-order valence-electron chi connectivity index (χ1n) is 3.95. The second kappa shape index (κ2) is 5.04. The molecule has 1 rings (SSSR count). The molecule has 0 radical (unpaired) electrons. The van der Waals surface area contributed by atoms with Crippen LogP contribution in [-0.4, -0.2) is 0 Å². The predicted molar refractivity (Wildman–Crippen MR) is 45.9 cm³/mol. The molecule has 0 nitrogen and oxygen atoms in total. The van der Waals surface area contributed by atoms with Crippen molar-refractivity contribution in [2.45, 2.75) is 25.7 Å². The highest BCUT2D eigenvalue weighted by molar-refractivity contribution is 4.99. The summed E-state index contributed by atoms with van der Waals surface area (Å²) in [6.07, 6.45) is 18.0. The first-order valence-corrected chi connectivity index (χ1v) is 3.95. The average Bonchev–Trinajstić information content (AvgIpc) is 2.01. The lowest BCUT2D eigenvalue weighted by molar-refractivity contribution is 1.03. The molecule has 1 aliphatic rings. The minimum absolute atomic E-state index is 1.10. The summed E-state index contributed by atoms with van der Waals surface area (Å²) in [5, 5.41) is 0. The van der Waals surface area contributed by atoms with E-state index < -0.39 is 0 Å². The highest BCUT2D eigenvalue weighted by Crippen LogP contribution is 1.99. The van der Waals surface area contributed by atoms with E-state index in [4.69, 9.17) is 0 Å². The van der Waals surface area contributed by atoms with Crippen molar-refractivity contribution in [3.05, 3.63) is 36.5 Å². The third-order valence-electron chi connectivity index (χ3n) is 1.54. The van der Waals surface area contributed by atoms with E-state index in [2.05, 4.69) is 36.5 Å². The smallest absolute Gasteiger partial charge is 0.0169 e. The molecule has 54 valence electrons. The Bertz CT molecular complexity index is 131. The van der Waals surface area contributed by atoms with Gasteiger partial charge in [0.2, 0.25) is 0 Å². The van der Waals surface area contributed by atoms with Crippen LogP contribution in [0, 0.1) is 0 Å². The first-order chi connectivity index (χ1) is 5.00. The molecule has 0 fully saturated rings. The molecular formula is C10H14. The maximum Gasteiger partial charge on any atom is -0.0169 e. The van der Waals surface area contributed by atoms with Gasteiger partial charge in [0, 0.05) is 0 Å². The molecule has 0 heterocycles. The second-order valence-corrected chi connectivity index (χ2v) is 2.46. The Hall–Kier alpha value is -0.780. The summed E-state index contributed by atoms with van der Waals surface area (Å²) in [4.78, 5) is 0. The van der Waals surface area contributed by atoms with E-state index in [1.807, 2.05) is 0 Å². The summed E-state index contributed by atoms with van der Waals surface area (Å²) in [6, 6.07) is 0. The summed E-state index contributed by atoms with van der Waals surface area (Å²) >= 11 is 0. The van der Waals surface area contributed by atoms with Crippen LogP contribution in [0.15, 0.2) is 36.5 Å². The summed E-state index contributed by atoms with van der Waals surface area (Å²) in [6.45, 7) is 0. The van der Waals surface area contributed by atoms with E-state index in [0.717, 1.165) is 12.8 Å². The molecule has 0 aromatic carbocycles. The van der Waals surface area contributed by atoms with Crippen LogP contribution in [0.3, 0.4) is 0 Å². The van der Waals surface area contributed by atoms with Crippen molar-refractivity contribution in [1.82, 2.24) is 0 Å². The van der Waals surface area contributed by atoms with Crippen LogP contribution in [0.4, 0.5) is 0 Å². The Balaban J connectivity index is 2.38. The van der Waals surface area contributed by atoms with Crippen LogP contribution in [0.25, 0.3) is 0 Å². The number of hydrogen-bond acceptors (Lipinski definition) is 0. The summed E-state index contributed by atoms with van der Waals surface area (Å²) in [5.74, 6) is 0. The van der Waals surface area contributed by atoms with Gasteiger partial charge in [-0.25, -0.2) is 0 Å².